The van der Waals surface area contributed by atoms with Gasteiger partial charge in [0, 0.05) is 31.3 Å². The molecule has 1 saturated heterocycles. The smallest absolute Gasteiger partial charge is 0.269 e. The van der Waals surface area contributed by atoms with Crippen molar-refractivity contribution in [1.29, 1.82) is 0 Å². The lowest BCUT2D eigenvalue weighted by molar-refractivity contribution is -0.384. The number of non-ortho nitro benzene ring substituents is 1. The number of morpholine rings is 1. The summed E-state index contributed by atoms with van der Waals surface area (Å²) in [5.74, 6) is -0.0737. The summed E-state index contributed by atoms with van der Waals surface area (Å²) < 4.78 is 5.58. The topological polar surface area (TPSA) is 72.7 Å². The summed E-state index contributed by atoms with van der Waals surface area (Å²) in [5.41, 5.74) is 0.789. The number of carbonyl (C=O) groups excluding carboxylic acids is 1. The summed E-state index contributed by atoms with van der Waals surface area (Å²) in [6, 6.07) is 6.07. The van der Waals surface area contributed by atoms with Crippen molar-refractivity contribution in [3.05, 3.63) is 46.0 Å². The van der Waals surface area contributed by atoms with E-state index in [9.17, 15) is 14.9 Å². The second kappa shape index (κ2) is 6.49. The summed E-state index contributed by atoms with van der Waals surface area (Å²) in [4.78, 5) is 24.0. The van der Waals surface area contributed by atoms with E-state index in [0.717, 1.165) is 5.56 Å². The van der Waals surface area contributed by atoms with Crippen molar-refractivity contribution in [2.24, 2.45) is 0 Å². The first kappa shape index (κ1) is 15.2. The Morgan fingerprint density at radius 3 is 2.38 bits per heavy atom. The van der Waals surface area contributed by atoms with Crippen LogP contribution in [0.15, 0.2) is 30.3 Å². The number of hydrogen-bond donors (Lipinski definition) is 0. The van der Waals surface area contributed by atoms with Crippen LogP contribution in [0.5, 0.6) is 0 Å². The lowest BCUT2D eigenvalue weighted by atomic mass is 10.2. The highest BCUT2D eigenvalue weighted by Crippen LogP contribution is 2.14. The fraction of sp³-hybridized carbons (Fsp3) is 0.400. The van der Waals surface area contributed by atoms with Crippen molar-refractivity contribution in [2.45, 2.75) is 26.1 Å². The minimum absolute atomic E-state index is 0.0328. The minimum atomic E-state index is -0.449. The largest absolute Gasteiger partial charge is 0.372 e. The summed E-state index contributed by atoms with van der Waals surface area (Å²) in [6.07, 6.45) is 3.22. The van der Waals surface area contributed by atoms with Crippen LogP contribution in [-0.4, -0.2) is 41.0 Å². The van der Waals surface area contributed by atoms with E-state index in [0.29, 0.717) is 13.1 Å². The molecule has 6 heteroatoms. The molecule has 2 unspecified atom stereocenters. The van der Waals surface area contributed by atoms with Crippen molar-refractivity contribution < 1.29 is 14.5 Å². The number of nitro benzene ring substituents is 1. The van der Waals surface area contributed by atoms with E-state index in [1.807, 2.05) is 13.8 Å². The Labute approximate surface area is 123 Å². The third-order valence-electron chi connectivity index (χ3n) is 3.25. The summed E-state index contributed by atoms with van der Waals surface area (Å²) in [7, 11) is 0. The Morgan fingerprint density at radius 1 is 1.29 bits per heavy atom. The molecule has 1 aromatic carbocycles. The maximum atomic E-state index is 12.1. The van der Waals surface area contributed by atoms with Crippen molar-refractivity contribution in [3.8, 4) is 0 Å². The van der Waals surface area contributed by atoms with Gasteiger partial charge in [-0.1, -0.05) is 0 Å². The lowest BCUT2D eigenvalue weighted by Gasteiger charge is -2.34. The zero-order chi connectivity index (χ0) is 15.4. The quantitative estimate of drug-likeness (QED) is 0.486. The molecule has 1 aliphatic rings. The second-order valence-electron chi connectivity index (χ2n) is 5.18. The number of nitrogens with zero attached hydrogens (tertiary/aromatic N) is 2. The summed E-state index contributed by atoms with van der Waals surface area (Å²) >= 11 is 0. The van der Waals surface area contributed by atoms with Gasteiger partial charge in [0.25, 0.3) is 5.69 Å². The van der Waals surface area contributed by atoms with Gasteiger partial charge in [-0.2, -0.15) is 0 Å². The SMILES string of the molecule is CC1CN(C(=O)/C=C/c2ccc([N+](=O)[O-])cc2)CC(C)O1. The second-order valence-corrected chi connectivity index (χ2v) is 5.18. The highest BCUT2D eigenvalue weighted by atomic mass is 16.6. The molecular weight excluding hydrogens is 272 g/mol. The molecule has 112 valence electrons. The van der Waals surface area contributed by atoms with E-state index in [2.05, 4.69) is 0 Å². The Hall–Kier alpha value is -2.21. The first-order valence-electron chi connectivity index (χ1n) is 6.82. The molecule has 2 rings (SSSR count). The maximum absolute atomic E-state index is 12.1. The number of hydrogen-bond acceptors (Lipinski definition) is 4. The predicted molar refractivity (Wildman–Crippen MR) is 78.7 cm³/mol. The molecule has 0 bridgehead atoms. The van der Waals surface area contributed by atoms with Gasteiger partial charge in [-0.3, -0.25) is 14.9 Å². The molecule has 6 nitrogen and oxygen atoms in total. The number of rotatable bonds is 3. The molecule has 21 heavy (non-hydrogen) atoms. The standard InChI is InChI=1S/C15H18N2O4/c1-11-9-16(10-12(2)21-11)15(18)8-5-13-3-6-14(7-4-13)17(19)20/h3-8,11-12H,9-10H2,1-2H3/b8-5+. The number of nitro groups is 1. The zero-order valence-electron chi connectivity index (χ0n) is 12.1. The van der Waals surface area contributed by atoms with Gasteiger partial charge in [0.05, 0.1) is 17.1 Å². The Bertz CT molecular complexity index is 543. The van der Waals surface area contributed by atoms with Crippen molar-refractivity contribution in [3.63, 3.8) is 0 Å². The molecule has 0 N–H and O–H groups in total. The number of amides is 1. The molecule has 0 aliphatic carbocycles. The van der Waals surface area contributed by atoms with Gasteiger partial charge in [0.15, 0.2) is 0 Å². The fourth-order valence-corrected chi connectivity index (χ4v) is 2.34. The van der Waals surface area contributed by atoms with E-state index >= 15 is 0 Å². The Kier molecular flexibility index (Phi) is 4.70. The normalized spacial score (nSPS) is 22.5. The minimum Gasteiger partial charge on any atom is -0.372 e. The van der Waals surface area contributed by atoms with Gasteiger partial charge in [0.1, 0.15) is 0 Å². The molecule has 0 aromatic heterocycles. The Balaban J connectivity index is 1.99. The molecule has 0 spiro atoms. The van der Waals surface area contributed by atoms with Gasteiger partial charge in [-0.15, -0.1) is 0 Å². The molecule has 1 aromatic rings. The third kappa shape index (κ3) is 4.13. The average molecular weight is 290 g/mol. The molecule has 1 fully saturated rings. The van der Waals surface area contributed by atoms with Gasteiger partial charge < -0.3 is 9.64 Å². The van der Waals surface area contributed by atoms with E-state index in [4.69, 9.17) is 4.74 Å². The van der Waals surface area contributed by atoms with E-state index in [-0.39, 0.29) is 23.8 Å². The van der Waals surface area contributed by atoms with E-state index in [1.54, 1.807) is 23.1 Å². The number of benzene rings is 1. The lowest BCUT2D eigenvalue weighted by Crippen LogP contribution is -2.47. The van der Waals surface area contributed by atoms with Gasteiger partial charge in [-0.05, 0) is 37.6 Å². The van der Waals surface area contributed by atoms with Crippen LogP contribution in [-0.2, 0) is 9.53 Å². The van der Waals surface area contributed by atoms with Crippen LogP contribution in [0.2, 0.25) is 0 Å². The molecule has 2 atom stereocenters. The number of carbonyl (C=O) groups is 1. The van der Waals surface area contributed by atoms with Gasteiger partial charge in [-0.25, -0.2) is 0 Å². The first-order chi connectivity index (χ1) is 9.95. The molecule has 0 radical (unpaired) electrons. The van der Waals surface area contributed by atoms with Crippen LogP contribution in [0.25, 0.3) is 6.08 Å². The highest BCUT2D eigenvalue weighted by molar-refractivity contribution is 5.91. The zero-order valence-corrected chi connectivity index (χ0v) is 12.1. The van der Waals surface area contributed by atoms with Crippen LogP contribution in [0, 0.1) is 10.1 Å². The average Bonchev–Trinajstić information content (AvgIpc) is 2.44. The fourth-order valence-electron chi connectivity index (χ4n) is 2.34. The van der Waals surface area contributed by atoms with E-state index in [1.165, 1.54) is 18.2 Å². The maximum Gasteiger partial charge on any atom is 0.269 e. The van der Waals surface area contributed by atoms with Crippen molar-refractivity contribution in [2.75, 3.05) is 13.1 Å². The molecule has 1 heterocycles. The van der Waals surface area contributed by atoms with Crippen molar-refractivity contribution in [1.82, 2.24) is 4.90 Å². The summed E-state index contributed by atoms with van der Waals surface area (Å²) in [6.45, 7) is 5.04. The monoisotopic (exact) mass is 290 g/mol. The van der Waals surface area contributed by atoms with Gasteiger partial charge in [0.2, 0.25) is 5.91 Å². The van der Waals surface area contributed by atoms with Gasteiger partial charge >= 0.3 is 0 Å². The molecule has 1 amide bonds. The molecule has 1 aliphatic heterocycles. The van der Waals surface area contributed by atoms with Crippen LogP contribution in [0.4, 0.5) is 5.69 Å². The summed E-state index contributed by atoms with van der Waals surface area (Å²) in [5, 5.41) is 10.6. The van der Waals surface area contributed by atoms with Crippen LogP contribution < -0.4 is 0 Å². The van der Waals surface area contributed by atoms with Crippen molar-refractivity contribution >= 4 is 17.7 Å². The number of ether oxygens (including phenoxy) is 1. The van der Waals surface area contributed by atoms with Crippen LogP contribution in [0.3, 0.4) is 0 Å². The predicted octanol–water partition coefficient (Wildman–Crippen LogP) is 2.24. The highest BCUT2D eigenvalue weighted by Gasteiger charge is 2.24. The van der Waals surface area contributed by atoms with E-state index < -0.39 is 4.92 Å². The molecular formula is C15H18N2O4. The Morgan fingerprint density at radius 2 is 1.86 bits per heavy atom. The van der Waals surface area contributed by atoms with Crippen LogP contribution in [0.1, 0.15) is 19.4 Å². The third-order valence-corrected chi connectivity index (χ3v) is 3.25. The first-order valence-corrected chi connectivity index (χ1v) is 6.82. The molecule has 0 saturated carbocycles. The van der Waals surface area contributed by atoms with Crippen LogP contribution >= 0.6 is 0 Å².